The van der Waals surface area contributed by atoms with Crippen LogP contribution >= 0.6 is 0 Å². The molecule has 148 valence electrons. The number of aliphatic carboxylic acids is 1. The van der Waals surface area contributed by atoms with Gasteiger partial charge < -0.3 is 9.94 Å². The SMILES string of the molecule is CC(C(=O)O)N(C)C.CC=C(C)C(=O)ON(CC)CCCS(=O)(=O)O. The monoisotopic (exact) mass is 382 g/mol. The van der Waals surface area contributed by atoms with Gasteiger partial charge in [-0.3, -0.25) is 14.2 Å². The first-order valence-corrected chi connectivity index (χ1v) is 9.41. The highest BCUT2D eigenvalue weighted by atomic mass is 32.2. The van der Waals surface area contributed by atoms with Crippen molar-refractivity contribution < 1.29 is 32.5 Å². The highest BCUT2D eigenvalue weighted by Gasteiger charge is 2.13. The summed E-state index contributed by atoms with van der Waals surface area (Å²) in [6, 6.07) is -0.380. The molecule has 10 heteroatoms. The molecule has 1 atom stereocenters. The summed E-state index contributed by atoms with van der Waals surface area (Å²) in [5, 5.41) is 9.67. The average Bonchev–Trinajstić information content (AvgIpc) is 2.51. The molecule has 0 aromatic heterocycles. The number of nitrogens with zero attached hydrogens (tertiary/aromatic N) is 2. The van der Waals surface area contributed by atoms with Gasteiger partial charge in [0.25, 0.3) is 10.1 Å². The third-order valence-electron chi connectivity index (χ3n) is 3.26. The Hall–Kier alpha value is -1.49. The third kappa shape index (κ3) is 14.6. The molecule has 0 saturated heterocycles. The predicted octanol–water partition coefficient (Wildman–Crippen LogP) is 1.03. The number of hydroxylamine groups is 2. The quantitative estimate of drug-likeness (QED) is 0.342. The third-order valence-corrected chi connectivity index (χ3v) is 4.07. The normalized spacial score (nSPS) is 13.2. The van der Waals surface area contributed by atoms with Crippen LogP contribution in [-0.2, 0) is 24.5 Å². The van der Waals surface area contributed by atoms with Crippen molar-refractivity contribution >= 4 is 22.1 Å². The number of carboxylic acid groups (broad SMARTS) is 1. The van der Waals surface area contributed by atoms with Crippen molar-refractivity contribution in [3.63, 3.8) is 0 Å². The Bertz CT molecular complexity index is 544. The minimum atomic E-state index is -3.96. The van der Waals surface area contributed by atoms with E-state index in [-0.39, 0.29) is 24.8 Å². The smallest absolute Gasteiger partial charge is 0.352 e. The van der Waals surface area contributed by atoms with E-state index in [0.717, 1.165) is 0 Å². The molecule has 0 amide bonds. The van der Waals surface area contributed by atoms with Crippen LogP contribution in [0.25, 0.3) is 0 Å². The average molecular weight is 382 g/mol. The summed E-state index contributed by atoms with van der Waals surface area (Å²) < 4.78 is 29.5. The van der Waals surface area contributed by atoms with Crippen LogP contribution in [-0.4, -0.2) is 79.0 Å². The van der Waals surface area contributed by atoms with Crippen LogP contribution in [0.2, 0.25) is 0 Å². The van der Waals surface area contributed by atoms with Gasteiger partial charge in [-0.2, -0.15) is 8.42 Å². The number of allylic oxidation sites excluding steroid dienone is 1. The lowest BCUT2D eigenvalue weighted by molar-refractivity contribution is -0.184. The lowest BCUT2D eigenvalue weighted by Crippen LogP contribution is -2.32. The number of hydrogen-bond donors (Lipinski definition) is 2. The van der Waals surface area contributed by atoms with E-state index in [1.54, 1.807) is 52.8 Å². The predicted molar refractivity (Wildman–Crippen MR) is 94.6 cm³/mol. The number of hydrogen-bond acceptors (Lipinski definition) is 7. The fourth-order valence-electron chi connectivity index (χ4n) is 1.22. The molecule has 0 aliphatic rings. The van der Waals surface area contributed by atoms with Gasteiger partial charge in [-0.15, -0.1) is 5.06 Å². The molecule has 0 bridgehead atoms. The van der Waals surface area contributed by atoms with Crippen LogP contribution < -0.4 is 0 Å². The Morgan fingerprint density at radius 2 is 1.80 bits per heavy atom. The number of likely N-dealkylation sites (N-methyl/N-ethyl adjacent to an activating group) is 1. The van der Waals surface area contributed by atoms with Crippen molar-refractivity contribution in [2.75, 3.05) is 32.9 Å². The fraction of sp³-hybridized carbons (Fsp3) is 0.733. The second-order valence-corrected chi connectivity index (χ2v) is 7.06. The highest BCUT2D eigenvalue weighted by Crippen LogP contribution is 2.01. The lowest BCUT2D eigenvalue weighted by Gasteiger charge is -2.19. The molecule has 0 fully saturated rings. The maximum atomic E-state index is 11.4. The van der Waals surface area contributed by atoms with Crippen molar-refractivity contribution in [2.24, 2.45) is 0 Å². The summed E-state index contributed by atoms with van der Waals surface area (Å²) in [4.78, 5) is 28.2. The molecule has 0 spiro atoms. The Morgan fingerprint density at radius 3 is 2.08 bits per heavy atom. The van der Waals surface area contributed by atoms with E-state index in [2.05, 4.69) is 0 Å². The first-order valence-electron chi connectivity index (χ1n) is 7.80. The molecule has 0 saturated carbocycles. The Labute approximate surface area is 149 Å². The molecule has 0 aliphatic carbocycles. The van der Waals surface area contributed by atoms with Gasteiger partial charge in [0.05, 0.1) is 5.75 Å². The Kier molecular flexibility index (Phi) is 13.2. The zero-order chi connectivity index (χ0) is 20.2. The molecule has 0 rings (SSSR count). The molecule has 0 aliphatic heterocycles. The molecule has 0 radical (unpaired) electrons. The summed E-state index contributed by atoms with van der Waals surface area (Å²) in [6.45, 7) is 7.50. The number of carbonyl (C=O) groups is 2. The topological polar surface area (TPSA) is 124 Å². The van der Waals surface area contributed by atoms with Gasteiger partial charge in [0, 0.05) is 18.7 Å². The summed E-state index contributed by atoms with van der Waals surface area (Å²) in [7, 11) is -0.486. The second kappa shape index (κ2) is 12.8. The van der Waals surface area contributed by atoms with Crippen LogP contribution in [0.4, 0.5) is 0 Å². The van der Waals surface area contributed by atoms with Crippen molar-refractivity contribution in [3.8, 4) is 0 Å². The highest BCUT2D eigenvalue weighted by molar-refractivity contribution is 7.85. The first kappa shape index (κ1) is 25.7. The van der Waals surface area contributed by atoms with Crippen molar-refractivity contribution in [1.29, 1.82) is 0 Å². The minimum Gasteiger partial charge on any atom is -0.480 e. The van der Waals surface area contributed by atoms with Crippen LogP contribution in [0, 0.1) is 0 Å². The minimum absolute atomic E-state index is 0.203. The largest absolute Gasteiger partial charge is 0.480 e. The number of rotatable bonds is 9. The van der Waals surface area contributed by atoms with Crippen molar-refractivity contribution in [3.05, 3.63) is 11.6 Å². The van der Waals surface area contributed by atoms with Crippen molar-refractivity contribution in [1.82, 2.24) is 9.96 Å². The summed E-state index contributed by atoms with van der Waals surface area (Å²) in [5.74, 6) is -1.58. The maximum Gasteiger partial charge on any atom is 0.352 e. The number of carboxylic acids is 1. The zero-order valence-corrected chi connectivity index (χ0v) is 16.5. The van der Waals surface area contributed by atoms with E-state index in [4.69, 9.17) is 14.5 Å². The summed E-state index contributed by atoms with van der Waals surface area (Å²) >= 11 is 0. The summed E-state index contributed by atoms with van der Waals surface area (Å²) in [5.41, 5.74) is 0.484. The molecular formula is C15H30N2O7S. The van der Waals surface area contributed by atoms with E-state index < -0.39 is 22.1 Å². The van der Waals surface area contributed by atoms with E-state index in [1.807, 2.05) is 0 Å². The van der Waals surface area contributed by atoms with Crippen LogP contribution in [0.15, 0.2) is 11.6 Å². The van der Waals surface area contributed by atoms with Gasteiger partial charge in [0.1, 0.15) is 6.04 Å². The standard InChI is InChI=1S/C10H19NO5S.C5H11NO2/c1-4-9(3)10(12)16-11(5-2)7-6-8-17(13,14)15;1-4(5(7)8)6(2)3/h4H,5-8H2,1-3H3,(H,13,14,15);4H,1-3H3,(H,7,8). The van der Waals surface area contributed by atoms with E-state index in [0.29, 0.717) is 12.1 Å². The van der Waals surface area contributed by atoms with E-state index >= 15 is 0 Å². The fourth-order valence-corrected chi connectivity index (χ4v) is 1.71. The molecule has 2 N–H and O–H groups in total. The number of carbonyl (C=O) groups excluding carboxylic acids is 1. The van der Waals surface area contributed by atoms with E-state index in [1.165, 1.54) is 5.06 Å². The molecule has 0 aromatic carbocycles. The van der Waals surface area contributed by atoms with Gasteiger partial charge in [-0.05, 0) is 48.2 Å². The molecule has 9 nitrogen and oxygen atoms in total. The first-order chi connectivity index (χ1) is 11.4. The van der Waals surface area contributed by atoms with Gasteiger partial charge in [0.2, 0.25) is 0 Å². The molecule has 0 heterocycles. The van der Waals surface area contributed by atoms with Crippen LogP contribution in [0.5, 0.6) is 0 Å². The second-order valence-electron chi connectivity index (χ2n) is 5.49. The molecule has 1 unspecified atom stereocenters. The van der Waals surface area contributed by atoms with Gasteiger partial charge >= 0.3 is 11.9 Å². The van der Waals surface area contributed by atoms with Gasteiger partial charge in [-0.25, -0.2) is 4.79 Å². The van der Waals surface area contributed by atoms with Gasteiger partial charge in [0.15, 0.2) is 0 Å². The van der Waals surface area contributed by atoms with Crippen LogP contribution in [0.1, 0.15) is 34.1 Å². The Balaban J connectivity index is 0. The molecule has 25 heavy (non-hydrogen) atoms. The lowest BCUT2D eigenvalue weighted by atomic mass is 10.3. The zero-order valence-electron chi connectivity index (χ0n) is 15.7. The Morgan fingerprint density at radius 1 is 1.28 bits per heavy atom. The molecule has 0 aromatic rings. The summed E-state index contributed by atoms with van der Waals surface area (Å²) in [6.07, 6.45) is 1.84. The van der Waals surface area contributed by atoms with Crippen molar-refractivity contribution in [2.45, 2.75) is 40.2 Å². The maximum absolute atomic E-state index is 11.4. The van der Waals surface area contributed by atoms with Gasteiger partial charge in [-0.1, -0.05) is 6.08 Å². The molecular weight excluding hydrogens is 352 g/mol. The van der Waals surface area contributed by atoms with E-state index in [9.17, 15) is 18.0 Å². The van der Waals surface area contributed by atoms with Crippen LogP contribution in [0.3, 0.4) is 0 Å².